The molecule has 15 heavy (non-hydrogen) atoms. The lowest BCUT2D eigenvalue weighted by molar-refractivity contribution is 0.0562. The van der Waals surface area contributed by atoms with E-state index in [4.69, 9.17) is 4.42 Å². The van der Waals surface area contributed by atoms with Gasteiger partial charge in [0, 0.05) is 6.04 Å². The Morgan fingerprint density at radius 3 is 2.60 bits per heavy atom. The van der Waals surface area contributed by atoms with Crippen molar-refractivity contribution in [3.63, 3.8) is 0 Å². The summed E-state index contributed by atoms with van der Waals surface area (Å²) in [7, 11) is 1.33. The summed E-state index contributed by atoms with van der Waals surface area (Å²) in [6.07, 6.45) is 0. The molecule has 0 aliphatic carbocycles. The molecule has 1 rings (SSSR count). The van der Waals surface area contributed by atoms with E-state index in [1.165, 1.54) is 7.11 Å². The van der Waals surface area contributed by atoms with Gasteiger partial charge in [-0.1, -0.05) is 13.8 Å². The van der Waals surface area contributed by atoms with Crippen molar-refractivity contribution in [1.29, 1.82) is 0 Å². The van der Waals surface area contributed by atoms with E-state index in [0.717, 1.165) is 5.76 Å². The normalized spacial score (nSPS) is 12.9. The first-order chi connectivity index (χ1) is 7.04. The number of esters is 1. The highest BCUT2D eigenvalue weighted by Crippen LogP contribution is 2.17. The lowest BCUT2D eigenvalue weighted by atomic mass is 10.2. The first kappa shape index (κ1) is 11.8. The number of hydrogen-bond donors (Lipinski definition) is 1. The second-order valence-electron chi connectivity index (χ2n) is 3.74. The van der Waals surface area contributed by atoms with Crippen LogP contribution < -0.4 is 5.32 Å². The van der Waals surface area contributed by atoms with E-state index in [1.807, 2.05) is 6.92 Å². The average Bonchev–Trinajstić information content (AvgIpc) is 2.64. The molecule has 1 aromatic heterocycles. The zero-order valence-corrected chi connectivity index (χ0v) is 9.53. The van der Waals surface area contributed by atoms with Crippen molar-refractivity contribution >= 4 is 5.97 Å². The number of ether oxygens (including phenoxy) is 1. The Kier molecular flexibility index (Phi) is 3.91. The van der Waals surface area contributed by atoms with E-state index < -0.39 is 5.97 Å². The Morgan fingerprint density at radius 1 is 1.40 bits per heavy atom. The number of methoxy groups -OCH3 is 1. The molecule has 0 bridgehead atoms. The van der Waals surface area contributed by atoms with Gasteiger partial charge in [-0.25, -0.2) is 4.79 Å². The number of hydrogen-bond acceptors (Lipinski definition) is 4. The van der Waals surface area contributed by atoms with Gasteiger partial charge in [0.2, 0.25) is 5.76 Å². The molecule has 4 heteroatoms. The fraction of sp³-hybridized carbons (Fsp3) is 0.545. The van der Waals surface area contributed by atoms with Crippen LogP contribution in [0.4, 0.5) is 0 Å². The molecule has 1 aromatic rings. The van der Waals surface area contributed by atoms with Crippen LogP contribution in [0.5, 0.6) is 0 Å². The summed E-state index contributed by atoms with van der Waals surface area (Å²) in [6, 6.07) is 3.86. The van der Waals surface area contributed by atoms with Crippen LogP contribution in [0.15, 0.2) is 16.5 Å². The zero-order chi connectivity index (χ0) is 11.4. The number of carbonyl (C=O) groups excluding carboxylic acids is 1. The highest BCUT2D eigenvalue weighted by Gasteiger charge is 2.15. The monoisotopic (exact) mass is 211 g/mol. The molecule has 0 aliphatic rings. The van der Waals surface area contributed by atoms with Gasteiger partial charge in [0.25, 0.3) is 0 Å². The number of furan rings is 1. The average molecular weight is 211 g/mol. The fourth-order valence-electron chi connectivity index (χ4n) is 1.38. The maximum absolute atomic E-state index is 11.1. The van der Waals surface area contributed by atoms with Crippen LogP contribution in [0.3, 0.4) is 0 Å². The first-order valence-corrected chi connectivity index (χ1v) is 4.98. The van der Waals surface area contributed by atoms with Crippen molar-refractivity contribution in [1.82, 2.24) is 5.32 Å². The minimum Gasteiger partial charge on any atom is -0.463 e. The summed E-state index contributed by atoms with van der Waals surface area (Å²) >= 11 is 0. The smallest absolute Gasteiger partial charge is 0.373 e. The molecule has 4 nitrogen and oxygen atoms in total. The van der Waals surface area contributed by atoms with E-state index in [-0.39, 0.29) is 11.8 Å². The molecular weight excluding hydrogens is 194 g/mol. The molecule has 0 fully saturated rings. The van der Waals surface area contributed by atoms with Gasteiger partial charge in [-0.15, -0.1) is 0 Å². The van der Waals surface area contributed by atoms with Crippen LogP contribution in [-0.4, -0.2) is 19.1 Å². The Hall–Kier alpha value is -1.29. The van der Waals surface area contributed by atoms with E-state index in [2.05, 4.69) is 23.9 Å². The van der Waals surface area contributed by atoms with Crippen LogP contribution >= 0.6 is 0 Å². The predicted octanol–water partition coefficient (Wildman–Crippen LogP) is 2.13. The van der Waals surface area contributed by atoms with Crippen LogP contribution in [0.2, 0.25) is 0 Å². The Morgan fingerprint density at radius 2 is 2.07 bits per heavy atom. The second kappa shape index (κ2) is 4.98. The van der Waals surface area contributed by atoms with E-state index in [9.17, 15) is 4.79 Å². The molecule has 1 N–H and O–H groups in total. The molecule has 1 atom stereocenters. The Balaban J connectivity index is 2.71. The maximum Gasteiger partial charge on any atom is 0.373 e. The summed E-state index contributed by atoms with van der Waals surface area (Å²) < 4.78 is 9.92. The highest BCUT2D eigenvalue weighted by atomic mass is 16.5. The minimum atomic E-state index is -0.446. The number of nitrogens with one attached hydrogen (secondary N) is 1. The van der Waals surface area contributed by atoms with E-state index >= 15 is 0 Å². The number of carbonyl (C=O) groups is 1. The van der Waals surface area contributed by atoms with Crippen molar-refractivity contribution in [2.24, 2.45) is 0 Å². The van der Waals surface area contributed by atoms with Crippen molar-refractivity contribution < 1.29 is 13.9 Å². The summed E-state index contributed by atoms with van der Waals surface area (Å²) in [5.41, 5.74) is 0. The van der Waals surface area contributed by atoms with Crippen LogP contribution in [-0.2, 0) is 4.74 Å². The minimum absolute atomic E-state index is 0.0865. The molecular formula is C11H17NO3. The summed E-state index contributed by atoms with van der Waals surface area (Å²) in [6.45, 7) is 6.10. The zero-order valence-electron chi connectivity index (χ0n) is 9.53. The fourth-order valence-corrected chi connectivity index (χ4v) is 1.38. The second-order valence-corrected chi connectivity index (χ2v) is 3.74. The maximum atomic E-state index is 11.1. The van der Waals surface area contributed by atoms with Crippen molar-refractivity contribution in [2.45, 2.75) is 32.9 Å². The van der Waals surface area contributed by atoms with Gasteiger partial charge in [-0.3, -0.25) is 0 Å². The molecule has 0 saturated carbocycles. The van der Waals surface area contributed by atoms with Crippen LogP contribution in [0, 0.1) is 0 Å². The summed E-state index contributed by atoms with van der Waals surface area (Å²) in [5.74, 6) is 0.534. The van der Waals surface area contributed by atoms with Gasteiger partial charge in [0.15, 0.2) is 0 Å². The SMILES string of the molecule is COC(=O)c1ccc(C(C)NC(C)C)o1. The number of rotatable bonds is 4. The summed E-state index contributed by atoms with van der Waals surface area (Å²) in [5, 5.41) is 3.28. The molecule has 1 unspecified atom stereocenters. The third-order valence-corrected chi connectivity index (χ3v) is 2.02. The summed E-state index contributed by atoms with van der Waals surface area (Å²) in [4.78, 5) is 11.1. The Bertz CT molecular complexity index is 330. The molecule has 0 aromatic carbocycles. The van der Waals surface area contributed by atoms with Gasteiger partial charge in [-0.2, -0.15) is 0 Å². The van der Waals surface area contributed by atoms with Gasteiger partial charge < -0.3 is 14.5 Å². The van der Waals surface area contributed by atoms with Crippen molar-refractivity contribution in [3.8, 4) is 0 Å². The van der Waals surface area contributed by atoms with Gasteiger partial charge >= 0.3 is 5.97 Å². The first-order valence-electron chi connectivity index (χ1n) is 4.98. The third-order valence-electron chi connectivity index (χ3n) is 2.02. The molecule has 84 valence electrons. The highest BCUT2D eigenvalue weighted by molar-refractivity contribution is 5.86. The van der Waals surface area contributed by atoms with Crippen molar-refractivity contribution in [2.75, 3.05) is 7.11 Å². The predicted molar refractivity (Wildman–Crippen MR) is 56.7 cm³/mol. The van der Waals surface area contributed by atoms with Crippen LogP contribution in [0.25, 0.3) is 0 Å². The molecule has 0 radical (unpaired) electrons. The van der Waals surface area contributed by atoms with Crippen molar-refractivity contribution in [3.05, 3.63) is 23.7 Å². The molecule has 0 aliphatic heterocycles. The van der Waals surface area contributed by atoms with Gasteiger partial charge in [-0.05, 0) is 19.1 Å². The third kappa shape index (κ3) is 3.09. The molecule has 0 spiro atoms. The quantitative estimate of drug-likeness (QED) is 0.775. The lowest BCUT2D eigenvalue weighted by Gasteiger charge is -2.14. The molecule has 1 heterocycles. The van der Waals surface area contributed by atoms with Gasteiger partial charge in [0.1, 0.15) is 5.76 Å². The Labute approximate surface area is 89.6 Å². The van der Waals surface area contributed by atoms with E-state index in [1.54, 1.807) is 12.1 Å². The van der Waals surface area contributed by atoms with Crippen LogP contribution in [0.1, 0.15) is 43.1 Å². The lowest BCUT2D eigenvalue weighted by Crippen LogP contribution is -2.25. The molecule has 0 saturated heterocycles. The largest absolute Gasteiger partial charge is 0.463 e. The molecule has 0 amide bonds. The van der Waals surface area contributed by atoms with E-state index in [0.29, 0.717) is 6.04 Å². The topological polar surface area (TPSA) is 51.5 Å². The van der Waals surface area contributed by atoms with Gasteiger partial charge in [0.05, 0.1) is 13.2 Å². The standard InChI is InChI=1S/C11H17NO3/c1-7(2)12-8(3)9-5-6-10(15-9)11(13)14-4/h5-8,12H,1-4H3.